The Kier molecular flexibility index (Phi) is 3.31. The zero-order valence-electron chi connectivity index (χ0n) is 10.3. The molecule has 2 rings (SSSR count). The van der Waals surface area contributed by atoms with Crippen LogP contribution >= 0.6 is 0 Å². The minimum absolute atomic E-state index is 0.181. The number of nitrogens with two attached hydrogens (primary N) is 1. The van der Waals surface area contributed by atoms with Crippen molar-refractivity contribution in [1.29, 1.82) is 0 Å². The Morgan fingerprint density at radius 1 is 1.38 bits per heavy atom. The van der Waals surface area contributed by atoms with E-state index < -0.39 is 0 Å². The molecule has 1 saturated heterocycles. The molecule has 1 aliphatic rings. The lowest BCUT2D eigenvalue weighted by Crippen LogP contribution is -2.33. The second-order valence-corrected chi connectivity index (χ2v) is 5.11. The lowest BCUT2D eigenvalue weighted by atomic mass is 9.80. The summed E-state index contributed by atoms with van der Waals surface area (Å²) in [5, 5.41) is 0. The van der Waals surface area contributed by atoms with Gasteiger partial charge in [-0.05, 0) is 37.8 Å². The molecular weight excluding hydrogens is 198 g/mol. The van der Waals surface area contributed by atoms with Crippen LogP contribution in [-0.2, 0) is 11.2 Å². The molecule has 88 valence electrons. The van der Waals surface area contributed by atoms with Crippen molar-refractivity contribution >= 4 is 0 Å². The van der Waals surface area contributed by atoms with E-state index in [1.54, 1.807) is 0 Å². The maximum Gasteiger partial charge on any atom is 0.0538 e. The van der Waals surface area contributed by atoms with Gasteiger partial charge in [0, 0.05) is 18.6 Å². The van der Waals surface area contributed by atoms with E-state index in [9.17, 15) is 0 Å². The summed E-state index contributed by atoms with van der Waals surface area (Å²) in [6, 6.07) is 6.66. The summed E-state index contributed by atoms with van der Waals surface area (Å²) >= 11 is 0. The minimum Gasteiger partial charge on any atom is -0.381 e. The minimum atomic E-state index is 0.181. The molecule has 1 heterocycles. The van der Waals surface area contributed by atoms with E-state index in [1.165, 1.54) is 16.7 Å². The SMILES string of the molecule is Cc1ccc(CC2(CN)CCOC2)c(C)c1. The predicted molar refractivity (Wildman–Crippen MR) is 66.5 cm³/mol. The third-order valence-corrected chi connectivity index (χ3v) is 3.68. The Morgan fingerprint density at radius 2 is 2.19 bits per heavy atom. The molecule has 2 heteroatoms. The highest BCUT2D eigenvalue weighted by atomic mass is 16.5. The van der Waals surface area contributed by atoms with E-state index >= 15 is 0 Å². The summed E-state index contributed by atoms with van der Waals surface area (Å²) in [7, 11) is 0. The summed E-state index contributed by atoms with van der Waals surface area (Å²) in [5.74, 6) is 0. The van der Waals surface area contributed by atoms with Crippen LogP contribution in [0.4, 0.5) is 0 Å². The molecular formula is C14H21NO. The first-order chi connectivity index (χ1) is 7.65. The third-order valence-electron chi connectivity index (χ3n) is 3.68. The van der Waals surface area contributed by atoms with Gasteiger partial charge >= 0.3 is 0 Å². The summed E-state index contributed by atoms with van der Waals surface area (Å²) < 4.78 is 5.51. The topological polar surface area (TPSA) is 35.2 Å². The number of ether oxygens (including phenoxy) is 1. The normalized spacial score (nSPS) is 24.9. The molecule has 0 aromatic heterocycles. The number of aryl methyl sites for hydroxylation is 2. The first-order valence-electron chi connectivity index (χ1n) is 5.99. The molecule has 0 saturated carbocycles. The molecule has 1 fully saturated rings. The molecule has 16 heavy (non-hydrogen) atoms. The largest absolute Gasteiger partial charge is 0.381 e. The summed E-state index contributed by atoms with van der Waals surface area (Å²) in [5.41, 5.74) is 10.2. The summed E-state index contributed by atoms with van der Waals surface area (Å²) in [6.45, 7) is 6.72. The second kappa shape index (κ2) is 4.56. The first-order valence-corrected chi connectivity index (χ1v) is 5.99. The average molecular weight is 219 g/mol. The van der Waals surface area contributed by atoms with Gasteiger partial charge in [0.15, 0.2) is 0 Å². The molecule has 0 bridgehead atoms. The third kappa shape index (κ3) is 2.28. The smallest absolute Gasteiger partial charge is 0.0538 e. The van der Waals surface area contributed by atoms with Crippen LogP contribution in [0.25, 0.3) is 0 Å². The fourth-order valence-corrected chi connectivity index (χ4v) is 2.47. The highest BCUT2D eigenvalue weighted by Gasteiger charge is 2.33. The van der Waals surface area contributed by atoms with Gasteiger partial charge in [0.05, 0.1) is 6.61 Å². The summed E-state index contributed by atoms with van der Waals surface area (Å²) in [4.78, 5) is 0. The maximum atomic E-state index is 5.92. The van der Waals surface area contributed by atoms with Gasteiger partial charge in [-0.15, -0.1) is 0 Å². The van der Waals surface area contributed by atoms with E-state index in [-0.39, 0.29) is 5.41 Å². The average Bonchev–Trinajstić information content (AvgIpc) is 2.72. The number of benzene rings is 1. The van der Waals surface area contributed by atoms with Crippen LogP contribution in [0.1, 0.15) is 23.1 Å². The number of hydrogen-bond acceptors (Lipinski definition) is 2. The molecule has 0 aliphatic carbocycles. The van der Waals surface area contributed by atoms with Gasteiger partial charge < -0.3 is 10.5 Å². The second-order valence-electron chi connectivity index (χ2n) is 5.11. The highest BCUT2D eigenvalue weighted by molar-refractivity contribution is 5.31. The zero-order valence-corrected chi connectivity index (χ0v) is 10.3. The number of rotatable bonds is 3. The Labute approximate surface area is 97.8 Å². The van der Waals surface area contributed by atoms with Crippen molar-refractivity contribution in [1.82, 2.24) is 0 Å². The van der Waals surface area contributed by atoms with Gasteiger partial charge in [-0.25, -0.2) is 0 Å². The Hall–Kier alpha value is -0.860. The number of hydrogen-bond donors (Lipinski definition) is 1. The molecule has 0 amide bonds. The van der Waals surface area contributed by atoms with Gasteiger partial charge in [-0.1, -0.05) is 23.8 Å². The highest BCUT2D eigenvalue weighted by Crippen LogP contribution is 2.32. The van der Waals surface area contributed by atoms with Crippen molar-refractivity contribution in [2.75, 3.05) is 19.8 Å². The van der Waals surface area contributed by atoms with Gasteiger partial charge in [-0.3, -0.25) is 0 Å². The van der Waals surface area contributed by atoms with E-state index in [4.69, 9.17) is 10.5 Å². The van der Waals surface area contributed by atoms with Crippen LogP contribution in [0.15, 0.2) is 18.2 Å². The van der Waals surface area contributed by atoms with Gasteiger partial charge in [-0.2, -0.15) is 0 Å². The Balaban J connectivity index is 2.19. The van der Waals surface area contributed by atoms with Crippen molar-refractivity contribution in [3.8, 4) is 0 Å². The van der Waals surface area contributed by atoms with Crippen LogP contribution in [0.3, 0.4) is 0 Å². The quantitative estimate of drug-likeness (QED) is 0.846. The van der Waals surface area contributed by atoms with Crippen molar-refractivity contribution in [2.45, 2.75) is 26.7 Å². The zero-order chi connectivity index (χ0) is 11.6. The van der Waals surface area contributed by atoms with Crippen LogP contribution in [0.2, 0.25) is 0 Å². The predicted octanol–water partition coefficient (Wildman–Crippen LogP) is 2.21. The lowest BCUT2D eigenvalue weighted by molar-refractivity contribution is 0.154. The molecule has 1 unspecified atom stereocenters. The van der Waals surface area contributed by atoms with Crippen LogP contribution < -0.4 is 5.73 Å². The molecule has 0 radical (unpaired) electrons. The van der Waals surface area contributed by atoms with Crippen LogP contribution in [0.5, 0.6) is 0 Å². The molecule has 2 nitrogen and oxygen atoms in total. The van der Waals surface area contributed by atoms with E-state index in [0.717, 1.165) is 32.6 Å². The fraction of sp³-hybridized carbons (Fsp3) is 0.571. The van der Waals surface area contributed by atoms with Gasteiger partial charge in [0.1, 0.15) is 0 Å². The molecule has 2 N–H and O–H groups in total. The van der Waals surface area contributed by atoms with Gasteiger partial charge in [0.25, 0.3) is 0 Å². The van der Waals surface area contributed by atoms with E-state index in [0.29, 0.717) is 0 Å². The van der Waals surface area contributed by atoms with Crippen molar-refractivity contribution in [3.05, 3.63) is 34.9 Å². The summed E-state index contributed by atoms with van der Waals surface area (Å²) in [6.07, 6.45) is 2.15. The molecule has 0 spiro atoms. The standard InChI is InChI=1S/C14H21NO/c1-11-3-4-13(12(2)7-11)8-14(9-15)5-6-16-10-14/h3-4,7H,5-6,8-10,15H2,1-2H3. The molecule has 1 aliphatic heterocycles. The van der Waals surface area contributed by atoms with Gasteiger partial charge in [0.2, 0.25) is 0 Å². The Morgan fingerprint density at radius 3 is 2.75 bits per heavy atom. The van der Waals surface area contributed by atoms with Crippen molar-refractivity contribution in [3.63, 3.8) is 0 Å². The van der Waals surface area contributed by atoms with E-state index in [1.807, 2.05) is 0 Å². The van der Waals surface area contributed by atoms with Crippen molar-refractivity contribution < 1.29 is 4.74 Å². The Bertz CT molecular complexity index is 367. The fourth-order valence-electron chi connectivity index (χ4n) is 2.47. The first kappa shape index (κ1) is 11.6. The van der Waals surface area contributed by atoms with Crippen LogP contribution in [0, 0.1) is 19.3 Å². The monoisotopic (exact) mass is 219 g/mol. The molecule has 1 aromatic carbocycles. The van der Waals surface area contributed by atoms with Crippen LogP contribution in [-0.4, -0.2) is 19.8 Å². The van der Waals surface area contributed by atoms with E-state index in [2.05, 4.69) is 32.0 Å². The maximum absolute atomic E-state index is 5.92. The molecule has 1 aromatic rings. The van der Waals surface area contributed by atoms with Crippen molar-refractivity contribution in [2.24, 2.45) is 11.1 Å². The molecule has 1 atom stereocenters. The lowest BCUT2D eigenvalue weighted by Gasteiger charge is -2.26.